The molecule has 1 aromatic heterocycles. The Kier molecular flexibility index (Phi) is 5.92. The molecule has 152 valence electrons. The fourth-order valence-corrected chi connectivity index (χ4v) is 3.29. The Balaban J connectivity index is 1.96. The molecule has 0 saturated carbocycles. The van der Waals surface area contributed by atoms with Crippen molar-refractivity contribution in [3.05, 3.63) is 42.5 Å². The van der Waals surface area contributed by atoms with Crippen LogP contribution in [-0.4, -0.2) is 30.4 Å². The number of ether oxygens (including phenoxy) is 2. The SMILES string of the molecule is CCOC(=O)NC(=O)Nc1cccc(-c2c(N)c3cc(OC)ccc3n2CC)c1. The van der Waals surface area contributed by atoms with E-state index in [1.54, 1.807) is 26.2 Å². The van der Waals surface area contributed by atoms with Gasteiger partial charge in [0.2, 0.25) is 0 Å². The maximum Gasteiger partial charge on any atom is 0.415 e. The first-order valence-electron chi connectivity index (χ1n) is 9.29. The lowest BCUT2D eigenvalue weighted by atomic mass is 10.1. The lowest BCUT2D eigenvalue weighted by molar-refractivity contribution is 0.154. The van der Waals surface area contributed by atoms with E-state index in [4.69, 9.17) is 15.2 Å². The number of aromatic nitrogens is 1. The zero-order chi connectivity index (χ0) is 21.0. The minimum Gasteiger partial charge on any atom is -0.497 e. The normalized spacial score (nSPS) is 10.6. The third kappa shape index (κ3) is 4.11. The minimum atomic E-state index is -0.801. The van der Waals surface area contributed by atoms with Crippen LogP contribution in [0.25, 0.3) is 22.2 Å². The predicted octanol–water partition coefficient (Wildman–Crippen LogP) is 4.20. The Labute approximate surface area is 168 Å². The number of nitrogen functional groups attached to an aromatic ring is 1. The van der Waals surface area contributed by atoms with Gasteiger partial charge in [-0.1, -0.05) is 12.1 Å². The average Bonchev–Trinajstić information content (AvgIpc) is 2.99. The first kappa shape index (κ1) is 20.1. The third-order valence-corrected chi connectivity index (χ3v) is 4.51. The number of nitrogens with zero attached hydrogens (tertiary/aromatic N) is 1. The molecule has 2 aromatic carbocycles. The van der Waals surface area contributed by atoms with Crippen LogP contribution >= 0.6 is 0 Å². The first-order chi connectivity index (χ1) is 14.0. The van der Waals surface area contributed by atoms with Crippen LogP contribution in [0.1, 0.15) is 13.8 Å². The topological polar surface area (TPSA) is 108 Å². The van der Waals surface area contributed by atoms with Crippen LogP contribution in [0, 0.1) is 0 Å². The number of amides is 3. The standard InChI is InChI=1S/C21H24N4O4/c1-4-25-17-10-9-15(28-3)12-16(17)18(22)19(25)13-7-6-8-14(11-13)23-20(26)24-21(27)29-5-2/h6-12H,4-5,22H2,1-3H3,(H2,23,24,26,27). The van der Waals surface area contributed by atoms with Gasteiger partial charge in [0.1, 0.15) is 5.75 Å². The molecule has 0 fully saturated rings. The van der Waals surface area contributed by atoms with E-state index in [9.17, 15) is 9.59 Å². The monoisotopic (exact) mass is 396 g/mol. The summed E-state index contributed by atoms with van der Waals surface area (Å²) in [7, 11) is 1.62. The molecular weight excluding hydrogens is 372 g/mol. The van der Waals surface area contributed by atoms with E-state index in [1.807, 2.05) is 37.3 Å². The number of imide groups is 1. The zero-order valence-electron chi connectivity index (χ0n) is 16.6. The van der Waals surface area contributed by atoms with Crippen LogP contribution in [0.4, 0.5) is 21.0 Å². The highest BCUT2D eigenvalue weighted by atomic mass is 16.5. The van der Waals surface area contributed by atoms with Crippen molar-refractivity contribution in [3.8, 4) is 17.0 Å². The number of methoxy groups -OCH3 is 1. The van der Waals surface area contributed by atoms with Crippen molar-refractivity contribution in [1.29, 1.82) is 0 Å². The zero-order valence-corrected chi connectivity index (χ0v) is 16.6. The van der Waals surface area contributed by atoms with Gasteiger partial charge in [0.05, 0.1) is 30.6 Å². The van der Waals surface area contributed by atoms with Crippen LogP contribution in [0.3, 0.4) is 0 Å². The predicted molar refractivity (Wildman–Crippen MR) is 113 cm³/mol. The number of hydrogen-bond acceptors (Lipinski definition) is 5. The Hall–Kier alpha value is -3.68. The fourth-order valence-electron chi connectivity index (χ4n) is 3.29. The summed E-state index contributed by atoms with van der Waals surface area (Å²) in [4.78, 5) is 23.4. The fraction of sp³-hybridized carbons (Fsp3) is 0.238. The number of urea groups is 1. The minimum absolute atomic E-state index is 0.181. The van der Waals surface area contributed by atoms with Gasteiger partial charge in [-0.3, -0.25) is 0 Å². The Morgan fingerprint density at radius 3 is 2.62 bits per heavy atom. The van der Waals surface area contributed by atoms with Crippen molar-refractivity contribution in [2.45, 2.75) is 20.4 Å². The maximum atomic E-state index is 12.0. The van der Waals surface area contributed by atoms with Gasteiger partial charge in [-0.05, 0) is 44.2 Å². The highest BCUT2D eigenvalue weighted by Gasteiger charge is 2.17. The Morgan fingerprint density at radius 2 is 1.93 bits per heavy atom. The van der Waals surface area contributed by atoms with Crippen molar-refractivity contribution in [3.63, 3.8) is 0 Å². The van der Waals surface area contributed by atoms with E-state index in [2.05, 4.69) is 15.2 Å². The van der Waals surface area contributed by atoms with E-state index in [0.717, 1.165) is 34.5 Å². The molecule has 0 aliphatic carbocycles. The summed E-state index contributed by atoms with van der Waals surface area (Å²) in [5, 5.41) is 5.63. The highest BCUT2D eigenvalue weighted by Crippen LogP contribution is 2.38. The lowest BCUT2D eigenvalue weighted by Gasteiger charge is -2.11. The van der Waals surface area contributed by atoms with E-state index >= 15 is 0 Å². The largest absolute Gasteiger partial charge is 0.497 e. The molecule has 3 aromatic rings. The third-order valence-electron chi connectivity index (χ3n) is 4.51. The summed E-state index contributed by atoms with van der Waals surface area (Å²) in [6.45, 7) is 4.60. The van der Waals surface area contributed by atoms with Gasteiger partial charge in [-0.25, -0.2) is 14.9 Å². The van der Waals surface area contributed by atoms with Gasteiger partial charge < -0.3 is 25.1 Å². The number of nitrogens with two attached hydrogens (primary N) is 1. The number of anilines is 2. The smallest absolute Gasteiger partial charge is 0.415 e. The first-order valence-corrected chi connectivity index (χ1v) is 9.29. The summed E-state index contributed by atoms with van der Waals surface area (Å²) < 4.78 is 12.1. The molecule has 3 amide bonds. The highest BCUT2D eigenvalue weighted by molar-refractivity contribution is 6.03. The summed E-state index contributed by atoms with van der Waals surface area (Å²) >= 11 is 0. The number of hydrogen-bond donors (Lipinski definition) is 3. The maximum absolute atomic E-state index is 12.0. The second-order valence-corrected chi connectivity index (χ2v) is 6.27. The summed E-state index contributed by atoms with van der Waals surface area (Å²) in [5.41, 5.74) is 10.3. The van der Waals surface area contributed by atoms with Crippen LogP contribution in [-0.2, 0) is 11.3 Å². The second-order valence-electron chi connectivity index (χ2n) is 6.27. The number of benzene rings is 2. The molecule has 0 radical (unpaired) electrons. The molecule has 8 nitrogen and oxygen atoms in total. The summed E-state index contributed by atoms with van der Waals surface area (Å²) in [6, 6.07) is 12.4. The van der Waals surface area contributed by atoms with Crippen LogP contribution in [0.15, 0.2) is 42.5 Å². The number of aryl methyl sites for hydroxylation is 1. The van der Waals surface area contributed by atoms with Gasteiger partial charge in [0.25, 0.3) is 0 Å². The van der Waals surface area contributed by atoms with Crippen molar-refractivity contribution in [2.24, 2.45) is 0 Å². The summed E-state index contributed by atoms with van der Waals surface area (Å²) in [6.07, 6.45) is -0.801. The number of alkyl carbamates (subject to hydrolysis) is 1. The number of carbonyl (C=O) groups is 2. The van der Waals surface area contributed by atoms with Gasteiger partial charge in [0, 0.05) is 23.2 Å². The molecule has 0 aliphatic rings. The molecule has 0 bridgehead atoms. The molecule has 0 aliphatic heterocycles. The van der Waals surface area contributed by atoms with E-state index < -0.39 is 12.1 Å². The molecule has 4 N–H and O–H groups in total. The van der Waals surface area contributed by atoms with Crippen molar-refractivity contribution in [1.82, 2.24) is 9.88 Å². The second kappa shape index (κ2) is 8.55. The Bertz CT molecular complexity index is 1060. The van der Waals surface area contributed by atoms with E-state index in [-0.39, 0.29) is 6.61 Å². The quantitative estimate of drug-likeness (QED) is 0.599. The van der Waals surface area contributed by atoms with Gasteiger partial charge in [0.15, 0.2) is 0 Å². The van der Waals surface area contributed by atoms with Crippen molar-refractivity contribution < 1.29 is 19.1 Å². The molecule has 29 heavy (non-hydrogen) atoms. The number of fused-ring (bicyclic) bond motifs is 1. The number of nitrogens with one attached hydrogen (secondary N) is 2. The lowest BCUT2D eigenvalue weighted by Crippen LogP contribution is -2.34. The van der Waals surface area contributed by atoms with Crippen LogP contribution in [0.5, 0.6) is 5.75 Å². The molecule has 3 rings (SSSR count). The van der Waals surface area contributed by atoms with Gasteiger partial charge in [-0.15, -0.1) is 0 Å². The van der Waals surface area contributed by atoms with Gasteiger partial charge in [-0.2, -0.15) is 0 Å². The van der Waals surface area contributed by atoms with E-state index in [1.165, 1.54) is 0 Å². The van der Waals surface area contributed by atoms with Gasteiger partial charge >= 0.3 is 12.1 Å². The molecule has 1 heterocycles. The number of rotatable bonds is 5. The Morgan fingerprint density at radius 1 is 1.14 bits per heavy atom. The molecule has 0 unspecified atom stereocenters. The molecular formula is C21H24N4O4. The van der Waals surface area contributed by atoms with Crippen molar-refractivity contribution >= 4 is 34.4 Å². The van der Waals surface area contributed by atoms with Crippen LogP contribution < -0.4 is 21.1 Å². The molecule has 8 heteroatoms. The summed E-state index contributed by atoms with van der Waals surface area (Å²) in [5.74, 6) is 0.732. The average molecular weight is 396 g/mol. The molecule has 0 spiro atoms. The van der Waals surface area contributed by atoms with Crippen LogP contribution in [0.2, 0.25) is 0 Å². The van der Waals surface area contributed by atoms with E-state index in [0.29, 0.717) is 11.4 Å². The van der Waals surface area contributed by atoms with Crippen molar-refractivity contribution in [2.75, 3.05) is 24.8 Å². The number of carbonyl (C=O) groups excluding carboxylic acids is 2. The molecule has 0 saturated heterocycles. The molecule has 0 atom stereocenters.